The first-order valence-corrected chi connectivity index (χ1v) is 3.86. The van der Waals surface area contributed by atoms with Crippen LogP contribution >= 0.6 is 0 Å². The Morgan fingerprint density at radius 2 is 2.38 bits per heavy atom. The molecule has 0 radical (unpaired) electrons. The second kappa shape index (κ2) is 2.90. The van der Waals surface area contributed by atoms with Gasteiger partial charge in [-0.05, 0) is 19.1 Å². The van der Waals surface area contributed by atoms with Crippen molar-refractivity contribution in [2.45, 2.75) is 6.92 Å². The van der Waals surface area contributed by atoms with Crippen molar-refractivity contribution < 1.29 is 9.21 Å². The molecule has 0 bridgehead atoms. The smallest absolute Gasteiger partial charge is 0.168 e. The molecule has 0 atom stereocenters. The van der Waals surface area contributed by atoms with E-state index in [4.69, 9.17) is 4.42 Å². The van der Waals surface area contributed by atoms with Crippen molar-refractivity contribution in [3.63, 3.8) is 0 Å². The predicted molar refractivity (Wildman–Crippen MR) is 46.4 cm³/mol. The van der Waals surface area contributed by atoms with Crippen molar-refractivity contribution in [2.24, 2.45) is 0 Å². The first kappa shape index (κ1) is 7.79. The number of nitrogens with one attached hydrogen (secondary N) is 1. The molecule has 0 spiro atoms. The van der Waals surface area contributed by atoms with Crippen LogP contribution in [-0.2, 0) is 0 Å². The number of carbonyl (C=O) groups excluding carboxylic acids is 1. The molecule has 0 aliphatic rings. The van der Waals surface area contributed by atoms with Crippen LogP contribution in [0.2, 0.25) is 0 Å². The summed E-state index contributed by atoms with van der Waals surface area (Å²) in [5.41, 5.74) is 0.998. The number of hydrogen-bond acceptors (Lipinski definition) is 3. The van der Waals surface area contributed by atoms with Crippen LogP contribution in [0.1, 0.15) is 16.2 Å². The van der Waals surface area contributed by atoms with Gasteiger partial charge in [-0.15, -0.1) is 0 Å². The fourth-order valence-corrected chi connectivity index (χ4v) is 1.15. The van der Waals surface area contributed by atoms with E-state index in [0.717, 1.165) is 12.0 Å². The summed E-state index contributed by atoms with van der Waals surface area (Å²) in [4.78, 5) is 17.3. The Balaban J connectivity index is 2.51. The maximum atomic E-state index is 10.6. The van der Waals surface area contributed by atoms with Gasteiger partial charge in [0.25, 0.3) is 0 Å². The van der Waals surface area contributed by atoms with Gasteiger partial charge in [-0.1, -0.05) is 0 Å². The molecule has 1 N–H and O–H groups in total. The topological polar surface area (TPSA) is 58.9 Å². The minimum atomic E-state index is 0.439. The predicted octanol–water partition coefficient (Wildman–Crippen LogP) is 1.79. The Hall–Kier alpha value is -1.84. The van der Waals surface area contributed by atoms with Gasteiger partial charge in [0.15, 0.2) is 12.0 Å². The van der Waals surface area contributed by atoms with Gasteiger partial charge in [0, 0.05) is 0 Å². The lowest BCUT2D eigenvalue weighted by molar-refractivity contribution is 0.112. The third-order valence-corrected chi connectivity index (χ3v) is 1.76. The lowest BCUT2D eigenvalue weighted by Gasteiger charge is -1.90. The van der Waals surface area contributed by atoms with Gasteiger partial charge in [-0.3, -0.25) is 4.79 Å². The molecule has 4 heteroatoms. The number of hydrogen-bond donors (Lipinski definition) is 1. The second-order valence-corrected chi connectivity index (χ2v) is 2.69. The van der Waals surface area contributed by atoms with Gasteiger partial charge in [0.05, 0.1) is 6.33 Å². The molecule has 0 aliphatic carbocycles. The summed E-state index contributed by atoms with van der Waals surface area (Å²) >= 11 is 0. The van der Waals surface area contributed by atoms with E-state index < -0.39 is 0 Å². The van der Waals surface area contributed by atoms with Crippen LogP contribution in [0, 0.1) is 6.92 Å². The van der Waals surface area contributed by atoms with E-state index in [2.05, 4.69) is 9.97 Å². The summed E-state index contributed by atoms with van der Waals surface area (Å²) in [6.07, 6.45) is 2.19. The molecule has 2 heterocycles. The first-order chi connectivity index (χ1) is 6.31. The van der Waals surface area contributed by atoms with Gasteiger partial charge in [0.2, 0.25) is 0 Å². The van der Waals surface area contributed by atoms with Crippen LogP contribution in [0.3, 0.4) is 0 Å². The van der Waals surface area contributed by atoms with E-state index in [9.17, 15) is 4.79 Å². The van der Waals surface area contributed by atoms with E-state index in [1.165, 1.54) is 6.33 Å². The SMILES string of the molecule is Cc1ccc(-c2nc[nH]c2C=O)o1. The number of aldehydes is 1. The summed E-state index contributed by atoms with van der Waals surface area (Å²) in [7, 11) is 0. The molecule has 4 nitrogen and oxygen atoms in total. The highest BCUT2D eigenvalue weighted by Gasteiger charge is 2.10. The Kier molecular flexibility index (Phi) is 1.73. The van der Waals surface area contributed by atoms with Crippen molar-refractivity contribution in [3.8, 4) is 11.5 Å². The summed E-state index contributed by atoms with van der Waals surface area (Å²) in [5.74, 6) is 1.41. The van der Waals surface area contributed by atoms with Gasteiger partial charge in [-0.2, -0.15) is 0 Å². The largest absolute Gasteiger partial charge is 0.460 e. The fourth-order valence-electron chi connectivity index (χ4n) is 1.15. The number of furan rings is 1. The lowest BCUT2D eigenvalue weighted by atomic mass is 10.3. The number of rotatable bonds is 2. The second-order valence-electron chi connectivity index (χ2n) is 2.69. The molecule has 0 aromatic carbocycles. The summed E-state index contributed by atoms with van der Waals surface area (Å²) < 4.78 is 5.33. The van der Waals surface area contributed by atoms with Crippen LogP contribution < -0.4 is 0 Å². The van der Waals surface area contributed by atoms with Crippen molar-refractivity contribution in [2.75, 3.05) is 0 Å². The van der Waals surface area contributed by atoms with Gasteiger partial charge < -0.3 is 9.40 Å². The van der Waals surface area contributed by atoms with Crippen LogP contribution in [0.15, 0.2) is 22.9 Å². The molecule has 13 heavy (non-hydrogen) atoms. The number of nitrogens with zero attached hydrogens (tertiary/aromatic N) is 1. The number of aromatic amines is 1. The van der Waals surface area contributed by atoms with Gasteiger partial charge >= 0.3 is 0 Å². The fraction of sp³-hybridized carbons (Fsp3) is 0.111. The molecular formula is C9H8N2O2. The average molecular weight is 176 g/mol. The molecule has 0 saturated carbocycles. The van der Waals surface area contributed by atoms with Gasteiger partial charge in [0.1, 0.15) is 17.1 Å². The number of H-pyrrole nitrogens is 1. The van der Waals surface area contributed by atoms with Crippen molar-refractivity contribution >= 4 is 6.29 Å². The number of carbonyl (C=O) groups is 1. The summed E-state index contributed by atoms with van der Waals surface area (Å²) in [6, 6.07) is 3.62. The number of aromatic nitrogens is 2. The molecule has 0 fully saturated rings. The van der Waals surface area contributed by atoms with Crippen LogP contribution in [0.5, 0.6) is 0 Å². The van der Waals surface area contributed by atoms with Crippen LogP contribution in [0.25, 0.3) is 11.5 Å². The zero-order valence-corrected chi connectivity index (χ0v) is 7.07. The minimum absolute atomic E-state index is 0.439. The maximum absolute atomic E-state index is 10.6. The molecule has 0 aliphatic heterocycles. The summed E-state index contributed by atoms with van der Waals surface area (Å²) in [6.45, 7) is 1.84. The zero-order chi connectivity index (χ0) is 9.26. The quantitative estimate of drug-likeness (QED) is 0.709. The lowest BCUT2D eigenvalue weighted by Crippen LogP contribution is -1.83. The highest BCUT2D eigenvalue weighted by molar-refractivity contribution is 5.81. The number of aryl methyl sites for hydroxylation is 1. The van der Waals surface area contributed by atoms with Crippen LogP contribution in [-0.4, -0.2) is 16.3 Å². The summed E-state index contributed by atoms with van der Waals surface area (Å²) in [5, 5.41) is 0. The van der Waals surface area contributed by atoms with Gasteiger partial charge in [-0.25, -0.2) is 4.98 Å². The van der Waals surface area contributed by atoms with E-state index in [-0.39, 0.29) is 0 Å². The van der Waals surface area contributed by atoms with Crippen LogP contribution in [0.4, 0.5) is 0 Å². The number of imidazole rings is 1. The standard InChI is InChI=1S/C9H8N2O2/c1-6-2-3-8(13-6)9-7(4-12)10-5-11-9/h2-5H,1H3,(H,10,11). The Morgan fingerprint density at radius 1 is 1.54 bits per heavy atom. The van der Waals surface area contributed by atoms with E-state index in [0.29, 0.717) is 17.1 Å². The minimum Gasteiger partial charge on any atom is -0.460 e. The van der Waals surface area contributed by atoms with Crippen molar-refractivity contribution in [1.82, 2.24) is 9.97 Å². The molecule has 2 aromatic rings. The Morgan fingerprint density at radius 3 is 3.00 bits per heavy atom. The van der Waals surface area contributed by atoms with E-state index in [1.807, 2.05) is 13.0 Å². The molecule has 2 aromatic heterocycles. The van der Waals surface area contributed by atoms with Crippen molar-refractivity contribution in [1.29, 1.82) is 0 Å². The first-order valence-electron chi connectivity index (χ1n) is 3.86. The van der Waals surface area contributed by atoms with E-state index >= 15 is 0 Å². The normalized spacial score (nSPS) is 10.2. The highest BCUT2D eigenvalue weighted by Crippen LogP contribution is 2.21. The molecular weight excluding hydrogens is 168 g/mol. The Bertz CT molecular complexity index is 428. The third-order valence-electron chi connectivity index (χ3n) is 1.76. The van der Waals surface area contributed by atoms with Crippen molar-refractivity contribution in [3.05, 3.63) is 29.9 Å². The van der Waals surface area contributed by atoms with E-state index in [1.54, 1.807) is 6.07 Å². The monoisotopic (exact) mass is 176 g/mol. The zero-order valence-electron chi connectivity index (χ0n) is 7.07. The Labute approximate surface area is 74.6 Å². The molecule has 2 rings (SSSR count). The molecule has 0 unspecified atom stereocenters. The highest BCUT2D eigenvalue weighted by atomic mass is 16.3. The molecule has 0 amide bonds. The maximum Gasteiger partial charge on any atom is 0.168 e. The molecule has 66 valence electrons. The molecule has 0 saturated heterocycles. The third kappa shape index (κ3) is 1.26. The average Bonchev–Trinajstić information content (AvgIpc) is 2.71.